The molecule has 4 rings (SSSR count). The Hall–Kier alpha value is -3.25. The smallest absolute Gasteiger partial charge is 0.345 e. The first-order chi connectivity index (χ1) is 17.7. The van der Waals surface area contributed by atoms with Crippen molar-refractivity contribution >= 4 is 38.3 Å². The fourth-order valence-electron chi connectivity index (χ4n) is 4.09. The number of rotatable bonds is 7. The van der Waals surface area contributed by atoms with Crippen molar-refractivity contribution in [1.29, 1.82) is 0 Å². The molecule has 0 spiro atoms. The van der Waals surface area contributed by atoms with Crippen LogP contribution in [0.2, 0.25) is 0 Å². The Labute approximate surface area is 221 Å². The van der Waals surface area contributed by atoms with Gasteiger partial charge in [0.1, 0.15) is 22.3 Å². The Kier molecular flexibility index (Phi) is 7.41. The summed E-state index contributed by atoms with van der Waals surface area (Å²) in [5.41, 5.74) is -0.503. The first-order valence-electron chi connectivity index (χ1n) is 11.0. The topological polar surface area (TPSA) is 221 Å². The van der Waals surface area contributed by atoms with Crippen molar-refractivity contribution < 1.29 is 54.7 Å². The van der Waals surface area contributed by atoms with Gasteiger partial charge in [-0.3, -0.25) is 0 Å². The SMILES string of the molecule is COc1cc2c(Nc3c(O)c(O)c(Br)c(O)c3F)ncnc2cc1OC(O)(O)C1CCN(C(O)(O)O)CC1. The van der Waals surface area contributed by atoms with Crippen molar-refractivity contribution in [3.63, 3.8) is 0 Å². The van der Waals surface area contributed by atoms with E-state index in [1.165, 1.54) is 19.2 Å². The molecule has 1 saturated heterocycles. The maximum Gasteiger partial charge on any atom is 0.345 e. The van der Waals surface area contributed by atoms with Gasteiger partial charge >= 0.3 is 12.1 Å². The summed E-state index contributed by atoms with van der Waals surface area (Å²) in [4.78, 5) is 9.04. The molecule has 0 unspecified atom stereocenters. The number of benzene rings is 2. The second-order valence-electron chi connectivity index (χ2n) is 8.54. The molecule has 14 nitrogen and oxygen atoms in total. The number of hydrogen-bond donors (Lipinski definition) is 9. The molecule has 2 heterocycles. The van der Waals surface area contributed by atoms with Crippen LogP contribution in [0.3, 0.4) is 0 Å². The number of fused-ring (bicyclic) bond motifs is 1. The first kappa shape index (κ1) is 27.8. The Morgan fingerprint density at radius 1 is 1.00 bits per heavy atom. The van der Waals surface area contributed by atoms with E-state index in [1.807, 2.05) is 0 Å². The van der Waals surface area contributed by atoms with Crippen LogP contribution in [0.5, 0.6) is 28.7 Å². The molecule has 3 aromatic rings. The van der Waals surface area contributed by atoms with Crippen LogP contribution in [0.25, 0.3) is 10.9 Å². The molecule has 206 valence electrons. The van der Waals surface area contributed by atoms with Gasteiger partial charge in [0.25, 0.3) is 0 Å². The zero-order valence-corrected chi connectivity index (χ0v) is 21.2. The van der Waals surface area contributed by atoms with Gasteiger partial charge in [0.05, 0.1) is 18.5 Å². The molecule has 1 aliphatic rings. The number of aromatic hydroxyl groups is 3. The maximum atomic E-state index is 14.6. The highest BCUT2D eigenvalue weighted by Gasteiger charge is 2.43. The number of ether oxygens (including phenoxy) is 2. The van der Waals surface area contributed by atoms with E-state index in [0.717, 1.165) is 11.2 Å². The molecular formula is C22H24BrFN4O10. The number of aromatic nitrogens is 2. The third-order valence-electron chi connectivity index (χ3n) is 6.18. The van der Waals surface area contributed by atoms with Crippen LogP contribution in [0, 0.1) is 11.7 Å². The molecule has 0 saturated carbocycles. The van der Waals surface area contributed by atoms with Crippen LogP contribution < -0.4 is 14.8 Å². The molecule has 0 amide bonds. The van der Waals surface area contributed by atoms with Gasteiger partial charge in [-0.25, -0.2) is 19.3 Å². The molecular weight excluding hydrogens is 579 g/mol. The Morgan fingerprint density at radius 2 is 1.66 bits per heavy atom. The van der Waals surface area contributed by atoms with Crippen molar-refractivity contribution in [2.45, 2.75) is 24.9 Å². The van der Waals surface area contributed by atoms with Gasteiger partial charge in [-0.2, -0.15) is 0 Å². The van der Waals surface area contributed by atoms with E-state index in [0.29, 0.717) is 0 Å². The summed E-state index contributed by atoms with van der Waals surface area (Å²) < 4.78 is 25.0. The number of halogens is 2. The summed E-state index contributed by atoms with van der Waals surface area (Å²) in [5.74, 6) is -7.75. The van der Waals surface area contributed by atoms with E-state index in [4.69, 9.17) is 9.47 Å². The number of nitrogens with zero attached hydrogens (tertiary/aromatic N) is 3. The third-order valence-corrected chi connectivity index (χ3v) is 6.93. The lowest BCUT2D eigenvalue weighted by Gasteiger charge is -2.40. The lowest BCUT2D eigenvalue weighted by atomic mass is 9.94. The lowest BCUT2D eigenvalue weighted by molar-refractivity contribution is -0.402. The largest absolute Gasteiger partial charge is 0.504 e. The number of hydrogen-bond acceptors (Lipinski definition) is 14. The molecule has 1 fully saturated rings. The third kappa shape index (κ3) is 5.19. The van der Waals surface area contributed by atoms with E-state index in [2.05, 4.69) is 31.2 Å². The van der Waals surface area contributed by atoms with Crippen molar-refractivity contribution in [2.24, 2.45) is 5.92 Å². The van der Waals surface area contributed by atoms with Crippen molar-refractivity contribution in [3.05, 3.63) is 28.7 Å². The normalized spacial score (nSPS) is 15.6. The first-order valence-corrected chi connectivity index (χ1v) is 11.8. The minimum absolute atomic E-state index is 0.00783. The van der Waals surface area contributed by atoms with E-state index in [1.54, 1.807) is 0 Å². The van der Waals surface area contributed by atoms with Crippen LogP contribution in [0.4, 0.5) is 15.9 Å². The summed E-state index contributed by atoms with van der Waals surface area (Å²) >= 11 is 2.77. The summed E-state index contributed by atoms with van der Waals surface area (Å²) in [6.45, 7) is -0.135. The number of anilines is 2. The van der Waals surface area contributed by atoms with E-state index >= 15 is 0 Å². The minimum atomic E-state index is -3.03. The quantitative estimate of drug-likeness (QED) is 0.103. The summed E-state index contributed by atoms with van der Waals surface area (Å²) in [7, 11) is 1.28. The molecule has 16 heteroatoms. The highest BCUT2D eigenvalue weighted by atomic mass is 79.9. The van der Waals surface area contributed by atoms with Crippen molar-refractivity contribution in [3.8, 4) is 28.7 Å². The van der Waals surface area contributed by atoms with Crippen LogP contribution in [-0.4, -0.2) is 88.0 Å². The molecule has 0 atom stereocenters. The Bertz CT molecular complexity index is 1330. The van der Waals surface area contributed by atoms with Crippen LogP contribution >= 0.6 is 15.9 Å². The van der Waals surface area contributed by atoms with Crippen LogP contribution in [-0.2, 0) is 0 Å². The summed E-state index contributed by atoms with van der Waals surface area (Å²) in [6, 6.07) is 2.64. The average molecular weight is 603 g/mol. The highest BCUT2D eigenvalue weighted by molar-refractivity contribution is 9.10. The Morgan fingerprint density at radius 3 is 2.26 bits per heavy atom. The fourth-order valence-corrected chi connectivity index (χ4v) is 4.45. The van der Waals surface area contributed by atoms with Gasteiger partial charge in [-0.15, -0.1) is 0 Å². The number of phenols is 3. The molecule has 38 heavy (non-hydrogen) atoms. The molecule has 2 aromatic carbocycles. The molecule has 1 aliphatic heterocycles. The van der Waals surface area contributed by atoms with E-state index in [-0.39, 0.29) is 54.2 Å². The van der Waals surface area contributed by atoms with Crippen molar-refractivity contribution in [1.82, 2.24) is 14.9 Å². The number of aliphatic hydroxyl groups is 5. The molecule has 1 aromatic heterocycles. The van der Waals surface area contributed by atoms with Gasteiger partial charge in [0.2, 0.25) is 0 Å². The van der Waals surface area contributed by atoms with Gasteiger partial charge in [-0.1, -0.05) is 0 Å². The number of likely N-dealkylation sites (tertiary alicyclic amines) is 1. The number of piperidine rings is 1. The number of nitrogens with one attached hydrogen (secondary N) is 1. The standard InChI is InChI=1S/C22H24BrFN4O10/c1-37-12-6-10-11(7-13(12)38-21(32,33)9-2-4-28(5-3-9)22(34,35)36)25-8-26-20(10)27-16-15(24)17(29)14(23)18(30)19(16)31/h6-9,29-36H,2-5H2,1H3,(H,25,26,27). The molecule has 0 aliphatic carbocycles. The monoisotopic (exact) mass is 602 g/mol. The molecule has 0 radical (unpaired) electrons. The van der Waals surface area contributed by atoms with Gasteiger partial charge < -0.3 is 55.6 Å². The molecule has 9 N–H and O–H groups in total. The second-order valence-corrected chi connectivity index (χ2v) is 9.33. The predicted octanol–water partition coefficient (Wildman–Crippen LogP) is 0.718. The van der Waals surface area contributed by atoms with E-state index in [9.17, 15) is 45.2 Å². The second kappa shape index (κ2) is 10.1. The van der Waals surface area contributed by atoms with Crippen LogP contribution in [0.1, 0.15) is 12.8 Å². The van der Waals surface area contributed by atoms with Gasteiger partial charge in [0, 0.05) is 24.5 Å². The minimum Gasteiger partial charge on any atom is -0.504 e. The fraction of sp³-hybridized carbons (Fsp3) is 0.364. The number of methoxy groups -OCH3 is 1. The van der Waals surface area contributed by atoms with E-state index < -0.39 is 51.2 Å². The average Bonchev–Trinajstić information content (AvgIpc) is 2.87. The zero-order valence-electron chi connectivity index (χ0n) is 19.6. The van der Waals surface area contributed by atoms with Gasteiger partial charge in [-0.05, 0) is 34.8 Å². The summed E-state index contributed by atoms with van der Waals surface area (Å²) in [5, 5.41) is 82.0. The maximum absolute atomic E-state index is 14.6. The molecule has 0 bridgehead atoms. The van der Waals surface area contributed by atoms with Crippen molar-refractivity contribution in [2.75, 3.05) is 25.5 Å². The lowest BCUT2D eigenvalue weighted by Crippen LogP contribution is -2.55. The predicted molar refractivity (Wildman–Crippen MR) is 130 cm³/mol. The summed E-state index contributed by atoms with van der Waals surface area (Å²) in [6.07, 6.45) is -1.88. The number of phenolic OH excluding ortho intramolecular Hbond substituents is 3. The van der Waals surface area contributed by atoms with Gasteiger partial charge in [0.15, 0.2) is 34.6 Å². The zero-order chi connectivity index (χ0) is 28.0. The van der Waals surface area contributed by atoms with Crippen LogP contribution in [0.15, 0.2) is 22.9 Å². The highest BCUT2D eigenvalue weighted by Crippen LogP contribution is 2.49. The Balaban J connectivity index is 1.65.